The zero-order valence-electron chi connectivity index (χ0n) is 7.11. The van der Waals surface area contributed by atoms with Gasteiger partial charge in [0.05, 0.1) is 0 Å². The fourth-order valence-corrected chi connectivity index (χ4v) is 0.786. The molecule has 2 rings (SSSR count). The molecule has 0 amide bonds. The minimum atomic E-state index is -0.106. The third-order valence-electron chi connectivity index (χ3n) is 1.31. The van der Waals surface area contributed by atoms with Crippen LogP contribution in [-0.2, 0) is 15.9 Å². The van der Waals surface area contributed by atoms with E-state index in [0.717, 1.165) is 12.8 Å². The van der Waals surface area contributed by atoms with E-state index in [-0.39, 0.29) is 15.9 Å². The number of halogens is 2. The summed E-state index contributed by atoms with van der Waals surface area (Å²) in [6.45, 7) is 0. The molecule has 3 heteroatoms. The Labute approximate surface area is 96.1 Å². The van der Waals surface area contributed by atoms with Gasteiger partial charge in [-0.2, -0.15) is 0 Å². The summed E-state index contributed by atoms with van der Waals surface area (Å²) in [5, 5.41) is 0. The van der Waals surface area contributed by atoms with Crippen molar-refractivity contribution in [3.8, 4) is 0 Å². The molecule has 0 saturated heterocycles. The van der Waals surface area contributed by atoms with Crippen molar-refractivity contribution in [1.29, 1.82) is 0 Å². The fraction of sp³-hybridized carbons (Fsp3) is 0.200. The summed E-state index contributed by atoms with van der Waals surface area (Å²) in [5.74, 6) is 0. The third-order valence-corrected chi connectivity index (χ3v) is 1.31. The van der Waals surface area contributed by atoms with Gasteiger partial charge in [0, 0.05) is 0 Å². The Balaban J connectivity index is 0.000000174. The molecule has 0 fully saturated rings. The van der Waals surface area contributed by atoms with E-state index in [9.17, 15) is 0 Å². The molecule has 0 spiro atoms. The van der Waals surface area contributed by atoms with Crippen LogP contribution in [-0.4, -0.2) is 0 Å². The van der Waals surface area contributed by atoms with Crippen molar-refractivity contribution < 1.29 is 15.9 Å². The van der Waals surface area contributed by atoms with E-state index >= 15 is 0 Å². The Morgan fingerprint density at radius 1 is 0.692 bits per heavy atom. The van der Waals surface area contributed by atoms with Gasteiger partial charge in [0.25, 0.3) is 0 Å². The number of hydrogen-bond donors (Lipinski definition) is 0. The van der Waals surface area contributed by atoms with Gasteiger partial charge in [-0.15, -0.1) is 0 Å². The van der Waals surface area contributed by atoms with Crippen LogP contribution in [0.25, 0.3) is 0 Å². The molecule has 0 atom stereocenters. The Morgan fingerprint density at radius 3 is 1.00 bits per heavy atom. The molecule has 0 N–H and O–H groups in total. The first-order valence-corrected chi connectivity index (χ1v) is 7.88. The first-order valence-electron chi connectivity index (χ1n) is 3.87. The van der Waals surface area contributed by atoms with Crippen LogP contribution in [0.15, 0.2) is 48.6 Å². The molecule has 0 aromatic rings. The van der Waals surface area contributed by atoms with Gasteiger partial charge >= 0.3 is 35.0 Å². The summed E-state index contributed by atoms with van der Waals surface area (Å²) in [5.41, 5.74) is 0. The topological polar surface area (TPSA) is 0 Å². The molecule has 2 aliphatic carbocycles. The van der Waals surface area contributed by atoms with Gasteiger partial charge in [-0.1, -0.05) is 48.6 Å². The molecular formula is C10H12Cl2Pd. The predicted octanol–water partition coefficient (Wildman–Crippen LogP) is 4.38. The quantitative estimate of drug-likeness (QED) is 0.583. The maximum atomic E-state index is 4.81. The van der Waals surface area contributed by atoms with Gasteiger partial charge in [0.2, 0.25) is 0 Å². The fourth-order valence-electron chi connectivity index (χ4n) is 0.786. The molecule has 13 heavy (non-hydrogen) atoms. The number of hydrogen-bond acceptors (Lipinski definition) is 0. The van der Waals surface area contributed by atoms with E-state index in [1.807, 2.05) is 0 Å². The van der Waals surface area contributed by atoms with Crippen molar-refractivity contribution in [2.24, 2.45) is 0 Å². The minimum absolute atomic E-state index is 0.106. The van der Waals surface area contributed by atoms with Gasteiger partial charge < -0.3 is 0 Å². The van der Waals surface area contributed by atoms with Crippen molar-refractivity contribution in [3.63, 3.8) is 0 Å². The molecule has 0 heterocycles. The van der Waals surface area contributed by atoms with Gasteiger partial charge in [-0.25, -0.2) is 0 Å². The second-order valence-electron chi connectivity index (χ2n) is 2.23. The summed E-state index contributed by atoms with van der Waals surface area (Å²) < 4.78 is 0. The molecule has 0 unspecified atom stereocenters. The second kappa shape index (κ2) is 12.2. The van der Waals surface area contributed by atoms with E-state index in [4.69, 9.17) is 19.1 Å². The number of allylic oxidation sites excluding steroid dienone is 8. The van der Waals surface area contributed by atoms with E-state index < -0.39 is 0 Å². The Bertz CT molecular complexity index is 163. The van der Waals surface area contributed by atoms with E-state index in [1.54, 1.807) is 0 Å². The first kappa shape index (κ1) is 13.2. The Hall–Kier alpha value is 0.202. The van der Waals surface area contributed by atoms with Crippen LogP contribution >= 0.6 is 19.1 Å². The molecule has 2 aliphatic rings. The Kier molecular flexibility index (Phi) is 12.4. The summed E-state index contributed by atoms with van der Waals surface area (Å²) >= 11 is -0.106. The van der Waals surface area contributed by atoms with Crippen molar-refractivity contribution in [1.82, 2.24) is 0 Å². The first-order chi connectivity index (χ1) is 6.41. The molecule has 0 aliphatic heterocycles. The SMILES string of the molecule is C1=CCC=C1.C1=CCC=C1.[Cl][Pd][Cl]. The number of rotatable bonds is 0. The van der Waals surface area contributed by atoms with Crippen molar-refractivity contribution in [2.75, 3.05) is 0 Å². The Morgan fingerprint density at radius 2 is 0.923 bits per heavy atom. The van der Waals surface area contributed by atoms with Crippen LogP contribution < -0.4 is 0 Å². The normalized spacial score (nSPS) is 15.2. The van der Waals surface area contributed by atoms with Crippen LogP contribution in [0.1, 0.15) is 12.8 Å². The monoisotopic (exact) mass is 308 g/mol. The average molecular weight is 310 g/mol. The molecule has 0 aromatic heterocycles. The molecule has 0 aromatic carbocycles. The molecule has 0 bridgehead atoms. The molecule has 0 nitrogen and oxygen atoms in total. The molecule has 0 radical (unpaired) electrons. The summed E-state index contributed by atoms with van der Waals surface area (Å²) in [6.07, 6.45) is 19.0. The van der Waals surface area contributed by atoms with Crippen LogP contribution in [0.2, 0.25) is 0 Å². The summed E-state index contributed by atoms with van der Waals surface area (Å²) in [6, 6.07) is 0. The van der Waals surface area contributed by atoms with Gasteiger partial charge in [-0.3, -0.25) is 0 Å². The van der Waals surface area contributed by atoms with Gasteiger partial charge in [0.15, 0.2) is 0 Å². The third kappa shape index (κ3) is 12.2. The van der Waals surface area contributed by atoms with E-state index in [1.165, 1.54) is 0 Å². The molecule has 0 saturated carbocycles. The predicted molar refractivity (Wildman–Crippen MR) is 57.5 cm³/mol. The van der Waals surface area contributed by atoms with E-state index in [0.29, 0.717) is 0 Å². The van der Waals surface area contributed by atoms with Crippen LogP contribution in [0.5, 0.6) is 0 Å². The van der Waals surface area contributed by atoms with Gasteiger partial charge in [-0.05, 0) is 12.8 Å². The summed E-state index contributed by atoms with van der Waals surface area (Å²) in [7, 11) is 9.63. The van der Waals surface area contributed by atoms with Crippen molar-refractivity contribution >= 4 is 19.1 Å². The summed E-state index contributed by atoms with van der Waals surface area (Å²) in [4.78, 5) is 0. The van der Waals surface area contributed by atoms with Crippen LogP contribution in [0.4, 0.5) is 0 Å². The standard InChI is InChI=1S/2C5H6.2ClH.Pd/c2*1-2-4-5-3-1;;;/h2*1-4H,5H2;2*1H;/q;;;;+2/p-2. The second-order valence-corrected chi connectivity index (χ2v) is 4.59. The molecule has 76 valence electrons. The van der Waals surface area contributed by atoms with Crippen LogP contribution in [0, 0.1) is 0 Å². The zero-order valence-corrected chi connectivity index (χ0v) is 10.2. The maximum absolute atomic E-state index is 4.81. The zero-order chi connectivity index (χ0) is 9.78. The average Bonchev–Trinajstić information content (AvgIpc) is 2.85. The van der Waals surface area contributed by atoms with E-state index in [2.05, 4.69) is 48.6 Å². The van der Waals surface area contributed by atoms with Crippen molar-refractivity contribution in [3.05, 3.63) is 48.6 Å². The molecular weight excluding hydrogens is 297 g/mol. The van der Waals surface area contributed by atoms with Crippen LogP contribution in [0.3, 0.4) is 0 Å². The van der Waals surface area contributed by atoms with Gasteiger partial charge in [0.1, 0.15) is 0 Å². The van der Waals surface area contributed by atoms with Crippen molar-refractivity contribution in [2.45, 2.75) is 12.8 Å².